The molecule has 4 aromatic rings. The van der Waals surface area contributed by atoms with Crippen LogP contribution >= 0.6 is 11.3 Å². The summed E-state index contributed by atoms with van der Waals surface area (Å²) >= 11 is 1.48. The number of thiophene rings is 1. The van der Waals surface area contributed by atoms with Gasteiger partial charge in [-0.1, -0.05) is 36.4 Å². The fourth-order valence-electron chi connectivity index (χ4n) is 3.22. The molecule has 0 radical (unpaired) electrons. The Morgan fingerprint density at radius 3 is 2.17 bits per heavy atom. The number of hydrogen-bond donors (Lipinski definition) is 2. The van der Waals surface area contributed by atoms with Gasteiger partial charge in [-0.15, -0.1) is 0 Å². The lowest BCUT2D eigenvalue weighted by Gasteiger charge is -2.11. The zero-order valence-electron chi connectivity index (χ0n) is 19.0. The topological polar surface area (TPSA) is 75.3 Å². The predicted octanol–water partition coefficient (Wildman–Crippen LogP) is 6.19. The summed E-state index contributed by atoms with van der Waals surface area (Å²) in [5.74, 6) is -1.48. The van der Waals surface area contributed by atoms with E-state index in [1.165, 1.54) is 29.5 Å². The average Bonchev–Trinajstić information content (AvgIpc) is 3.42. The number of allylic oxidation sites excluding steroid dienone is 1. The number of halogens is 1. The summed E-state index contributed by atoms with van der Waals surface area (Å²) in [6.45, 7) is 0. The maximum absolute atomic E-state index is 13.0. The fraction of sp³-hybridized carbons (Fsp3) is 0. The van der Waals surface area contributed by atoms with Crippen LogP contribution in [0.3, 0.4) is 0 Å². The van der Waals surface area contributed by atoms with Crippen molar-refractivity contribution in [3.05, 3.63) is 136 Å². The molecule has 1 heterocycles. The van der Waals surface area contributed by atoms with Gasteiger partial charge in [0.2, 0.25) is 0 Å². The van der Waals surface area contributed by atoms with E-state index in [4.69, 9.17) is 0 Å². The van der Waals surface area contributed by atoms with E-state index in [9.17, 15) is 18.8 Å². The second-order valence-corrected chi connectivity index (χ2v) is 8.50. The van der Waals surface area contributed by atoms with Crippen LogP contribution in [-0.4, -0.2) is 17.6 Å². The Balaban J connectivity index is 1.45. The number of carbonyl (C=O) groups is 3. The number of anilines is 1. The van der Waals surface area contributed by atoms with Crippen molar-refractivity contribution >= 4 is 46.8 Å². The molecular weight excluding hydrogens is 475 g/mol. The van der Waals surface area contributed by atoms with Gasteiger partial charge in [-0.3, -0.25) is 14.4 Å². The monoisotopic (exact) mass is 496 g/mol. The van der Waals surface area contributed by atoms with E-state index >= 15 is 0 Å². The third-order valence-electron chi connectivity index (χ3n) is 5.11. The molecule has 0 bridgehead atoms. The van der Waals surface area contributed by atoms with Crippen molar-refractivity contribution in [1.82, 2.24) is 5.32 Å². The molecule has 2 N–H and O–H groups in total. The molecule has 0 saturated heterocycles. The number of rotatable bonds is 8. The van der Waals surface area contributed by atoms with Crippen molar-refractivity contribution in [2.24, 2.45) is 0 Å². The normalized spacial score (nSPS) is 11.3. The van der Waals surface area contributed by atoms with Crippen molar-refractivity contribution in [2.75, 3.05) is 5.32 Å². The summed E-state index contributed by atoms with van der Waals surface area (Å²) in [4.78, 5) is 38.1. The second-order valence-electron chi connectivity index (χ2n) is 7.72. The molecule has 178 valence electrons. The standard InChI is InChI=1S/C29H21FN2O3S/c30-24-11-6-20(7-12-24)8-15-27(33)22-9-13-25(14-10-22)31-29(35)26(18-21-16-17-36-19-21)32-28(34)23-4-2-1-3-5-23/h1-19H,(H,31,35)(H,32,34)/b15-8+,26-18-. The predicted molar refractivity (Wildman–Crippen MR) is 141 cm³/mol. The van der Waals surface area contributed by atoms with E-state index < -0.39 is 11.8 Å². The molecule has 0 spiro atoms. The van der Waals surface area contributed by atoms with Crippen LogP contribution in [0, 0.1) is 5.82 Å². The molecule has 0 aliphatic heterocycles. The minimum absolute atomic E-state index is 0.0876. The Kier molecular flexibility index (Phi) is 7.95. The number of carbonyl (C=O) groups excluding carboxylic acids is 3. The minimum atomic E-state index is -0.499. The summed E-state index contributed by atoms with van der Waals surface area (Å²) in [6.07, 6.45) is 4.61. The van der Waals surface area contributed by atoms with Crippen LogP contribution in [-0.2, 0) is 4.79 Å². The quantitative estimate of drug-likeness (QED) is 0.226. The van der Waals surface area contributed by atoms with Gasteiger partial charge in [-0.05, 0) is 88.6 Å². The third-order valence-corrected chi connectivity index (χ3v) is 5.81. The summed E-state index contributed by atoms with van der Waals surface area (Å²) in [7, 11) is 0. The van der Waals surface area contributed by atoms with Gasteiger partial charge in [0.05, 0.1) is 0 Å². The van der Waals surface area contributed by atoms with Crippen molar-refractivity contribution < 1.29 is 18.8 Å². The zero-order chi connectivity index (χ0) is 25.3. The molecule has 0 aliphatic carbocycles. The largest absolute Gasteiger partial charge is 0.321 e. The number of nitrogens with one attached hydrogen (secondary N) is 2. The fourth-order valence-corrected chi connectivity index (χ4v) is 3.84. The molecule has 0 aliphatic rings. The van der Waals surface area contributed by atoms with E-state index in [1.54, 1.807) is 78.9 Å². The SMILES string of the molecule is O=C(Nc1ccc(C(=O)/C=C/c2ccc(F)cc2)cc1)/C(=C/c1ccsc1)NC(=O)c1ccccc1. The van der Waals surface area contributed by atoms with Gasteiger partial charge in [0, 0.05) is 16.8 Å². The molecule has 0 fully saturated rings. The lowest BCUT2D eigenvalue weighted by molar-refractivity contribution is -0.113. The molecule has 36 heavy (non-hydrogen) atoms. The van der Waals surface area contributed by atoms with E-state index in [-0.39, 0.29) is 17.3 Å². The molecule has 4 rings (SSSR count). The highest BCUT2D eigenvalue weighted by atomic mass is 32.1. The number of amides is 2. The highest BCUT2D eigenvalue weighted by Crippen LogP contribution is 2.15. The van der Waals surface area contributed by atoms with Crippen LogP contribution in [0.15, 0.2) is 107 Å². The van der Waals surface area contributed by atoms with Gasteiger partial charge >= 0.3 is 0 Å². The Morgan fingerprint density at radius 1 is 0.778 bits per heavy atom. The maximum Gasteiger partial charge on any atom is 0.272 e. The molecule has 0 atom stereocenters. The third kappa shape index (κ3) is 6.71. The number of benzene rings is 3. The highest BCUT2D eigenvalue weighted by Gasteiger charge is 2.15. The van der Waals surface area contributed by atoms with Crippen LogP contribution in [0.5, 0.6) is 0 Å². The maximum atomic E-state index is 13.0. The molecule has 2 amide bonds. The van der Waals surface area contributed by atoms with E-state index in [2.05, 4.69) is 10.6 Å². The first-order chi connectivity index (χ1) is 17.5. The minimum Gasteiger partial charge on any atom is -0.321 e. The summed E-state index contributed by atoms with van der Waals surface area (Å²) in [6, 6.07) is 22.7. The number of hydrogen-bond acceptors (Lipinski definition) is 4. The van der Waals surface area contributed by atoms with Crippen molar-refractivity contribution in [1.29, 1.82) is 0 Å². The van der Waals surface area contributed by atoms with Gasteiger partial charge in [0.25, 0.3) is 11.8 Å². The molecule has 5 nitrogen and oxygen atoms in total. The Labute approximate surface area is 211 Å². The van der Waals surface area contributed by atoms with Gasteiger partial charge < -0.3 is 10.6 Å². The molecule has 0 unspecified atom stereocenters. The van der Waals surface area contributed by atoms with Crippen LogP contribution in [0.2, 0.25) is 0 Å². The van der Waals surface area contributed by atoms with Gasteiger partial charge in [-0.2, -0.15) is 11.3 Å². The molecule has 0 saturated carbocycles. The van der Waals surface area contributed by atoms with Crippen molar-refractivity contribution in [3.8, 4) is 0 Å². The van der Waals surface area contributed by atoms with Crippen LogP contribution in [0.1, 0.15) is 31.8 Å². The average molecular weight is 497 g/mol. The van der Waals surface area contributed by atoms with E-state index in [0.717, 1.165) is 5.56 Å². The van der Waals surface area contributed by atoms with Gasteiger partial charge in [0.15, 0.2) is 5.78 Å². The van der Waals surface area contributed by atoms with Gasteiger partial charge in [-0.25, -0.2) is 4.39 Å². The highest BCUT2D eigenvalue weighted by molar-refractivity contribution is 7.08. The lowest BCUT2D eigenvalue weighted by Crippen LogP contribution is -2.30. The van der Waals surface area contributed by atoms with Crippen LogP contribution in [0.25, 0.3) is 12.2 Å². The number of ketones is 1. The van der Waals surface area contributed by atoms with Crippen molar-refractivity contribution in [3.63, 3.8) is 0 Å². The molecule has 7 heteroatoms. The van der Waals surface area contributed by atoms with E-state index in [0.29, 0.717) is 22.4 Å². The van der Waals surface area contributed by atoms with Crippen LogP contribution in [0.4, 0.5) is 10.1 Å². The molecular formula is C29H21FN2O3S. The molecule has 3 aromatic carbocycles. The smallest absolute Gasteiger partial charge is 0.272 e. The Morgan fingerprint density at radius 2 is 1.50 bits per heavy atom. The summed E-state index contributed by atoms with van der Waals surface area (Å²) in [5, 5.41) is 9.18. The Hall–Kier alpha value is -4.62. The summed E-state index contributed by atoms with van der Waals surface area (Å²) in [5.41, 5.74) is 2.90. The Bertz CT molecular complexity index is 1410. The summed E-state index contributed by atoms with van der Waals surface area (Å²) < 4.78 is 13.0. The van der Waals surface area contributed by atoms with Crippen molar-refractivity contribution in [2.45, 2.75) is 0 Å². The zero-order valence-corrected chi connectivity index (χ0v) is 19.8. The first-order valence-corrected chi connectivity index (χ1v) is 11.9. The lowest BCUT2D eigenvalue weighted by atomic mass is 10.1. The van der Waals surface area contributed by atoms with E-state index in [1.807, 2.05) is 16.8 Å². The van der Waals surface area contributed by atoms with Gasteiger partial charge in [0.1, 0.15) is 11.5 Å². The first kappa shape index (κ1) is 24.5. The first-order valence-electron chi connectivity index (χ1n) is 11.0. The van der Waals surface area contributed by atoms with Crippen LogP contribution < -0.4 is 10.6 Å². The second kappa shape index (κ2) is 11.7. The molecule has 1 aromatic heterocycles.